The van der Waals surface area contributed by atoms with Crippen molar-refractivity contribution < 1.29 is 62.1 Å². The van der Waals surface area contributed by atoms with Gasteiger partial charge < -0.3 is 78.7 Å². The molecular formula is C87H83N15O13. The summed E-state index contributed by atoms with van der Waals surface area (Å²) in [6.07, 6.45) is 11.5. The molecule has 0 aliphatic rings. The highest BCUT2D eigenvalue weighted by Gasteiger charge is 2.15. The Morgan fingerprint density at radius 2 is 0.583 bits per heavy atom. The molecular weight excluding hydrogens is 1460 g/mol. The number of benzene rings is 8. The first kappa shape index (κ1) is 83.4. The average Bonchev–Trinajstić information content (AvgIpc) is 0.861. The highest BCUT2D eigenvalue weighted by molar-refractivity contribution is 6.07. The van der Waals surface area contributed by atoms with Gasteiger partial charge >= 0.3 is 0 Å². The van der Waals surface area contributed by atoms with Crippen molar-refractivity contribution >= 4 is 92.9 Å². The number of hydrogen-bond donors (Lipinski definition) is 10. The lowest BCUT2D eigenvalue weighted by Gasteiger charge is -2.13. The molecule has 115 heavy (non-hydrogen) atoms. The standard InChI is InChI=1S/2C22H22N4O3.C22H19N3O4.C21H20N4O3/c1-26(2)19-8-6-16(7-9-19)22(28)25-18-5-3-4-15(10-18)14-29-20-11-17(21(23)27)12-24-13-20;1-2-25-18-8-6-16(7-9-18)22(28)26-19-5-3-4-15(10-19)14-29-20-11-17(21(23)27)12-24-13-20;1-14(26)16-5-7-17(8-6-16)22(28)25-19-4-2-3-15(9-19)13-29-20-10-18(21(23)27)11-24-12-20;1-23-17-7-5-15(6-8-17)21(27)25-18-4-2-3-14(9-18)13-28-19-10-16(20(22)26)11-24-12-19/h3-13H,14H2,1-2H3,(H2,23,27)(H,25,28);3-13,25H,2,14H2,1H3,(H2,23,27)(H,26,28);2-12H,13H2,1H3,(H2,23,27)(H,25,28);2-12,23H,13H2,1H3,(H2,22,26)(H,25,27). The third-order valence-electron chi connectivity index (χ3n) is 16.5. The first-order chi connectivity index (χ1) is 55.4. The van der Waals surface area contributed by atoms with Crippen LogP contribution in [0, 0.1) is 0 Å². The van der Waals surface area contributed by atoms with E-state index in [0.29, 0.717) is 73.6 Å². The number of carbonyl (C=O) groups excluding carboxylic acids is 9. The van der Waals surface area contributed by atoms with E-state index in [1.165, 1.54) is 74.7 Å². The summed E-state index contributed by atoms with van der Waals surface area (Å²) in [5.74, 6) is -1.44. The van der Waals surface area contributed by atoms with E-state index in [0.717, 1.165) is 45.9 Å². The fourth-order valence-corrected chi connectivity index (χ4v) is 10.5. The quantitative estimate of drug-likeness (QED) is 0.0195. The van der Waals surface area contributed by atoms with Crippen molar-refractivity contribution in [2.75, 3.05) is 64.5 Å². The number of nitrogens with zero attached hydrogens (tertiary/aromatic N) is 5. The topological polar surface area (TPSA) is 422 Å². The van der Waals surface area contributed by atoms with Gasteiger partial charge in [-0.1, -0.05) is 60.7 Å². The Morgan fingerprint density at radius 1 is 0.322 bits per heavy atom. The van der Waals surface area contributed by atoms with Crippen LogP contribution in [0.25, 0.3) is 0 Å². The van der Waals surface area contributed by atoms with Crippen LogP contribution in [0.2, 0.25) is 0 Å². The van der Waals surface area contributed by atoms with Gasteiger partial charge in [-0.25, -0.2) is 0 Å². The minimum Gasteiger partial charge on any atom is -0.487 e. The Bertz CT molecular complexity index is 5400. The Morgan fingerprint density at radius 3 is 0.835 bits per heavy atom. The molecule has 0 fully saturated rings. The molecule has 28 heteroatoms. The van der Waals surface area contributed by atoms with E-state index in [4.69, 9.17) is 41.9 Å². The minimum atomic E-state index is -0.580. The maximum Gasteiger partial charge on any atom is 0.255 e. The number of nitrogens with one attached hydrogen (secondary N) is 6. The number of carbonyl (C=O) groups is 9. The molecule has 8 amide bonds. The van der Waals surface area contributed by atoms with E-state index in [1.54, 1.807) is 91.0 Å². The predicted octanol–water partition coefficient (Wildman–Crippen LogP) is 12.8. The zero-order valence-electron chi connectivity index (χ0n) is 63.3. The number of ketones is 1. The van der Waals surface area contributed by atoms with Crippen LogP contribution in [0.1, 0.15) is 129 Å². The lowest BCUT2D eigenvalue weighted by Crippen LogP contribution is -2.13. The van der Waals surface area contributed by atoms with Crippen molar-refractivity contribution in [3.63, 3.8) is 0 Å². The van der Waals surface area contributed by atoms with Crippen LogP contribution in [0.3, 0.4) is 0 Å². The van der Waals surface area contributed by atoms with Crippen molar-refractivity contribution in [3.8, 4) is 23.0 Å². The summed E-state index contributed by atoms with van der Waals surface area (Å²) in [6, 6.07) is 63.7. The van der Waals surface area contributed by atoms with Crippen molar-refractivity contribution in [2.24, 2.45) is 22.9 Å². The first-order valence-electron chi connectivity index (χ1n) is 35.6. The molecule has 4 aromatic heterocycles. The predicted molar refractivity (Wildman–Crippen MR) is 440 cm³/mol. The van der Waals surface area contributed by atoms with Gasteiger partial charge in [-0.05, 0) is 194 Å². The van der Waals surface area contributed by atoms with Gasteiger partial charge in [-0.3, -0.25) is 63.1 Å². The number of aromatic nitrogens is 4. The maximum absolute atomic E-state index is 12.5. The Hall–Kier alpha value is -15.6. The van der Waals surface area contributed by atoms with Crippen molar-refractivity contribution in [1.29, 1.82) is 0 Å². The Kier molecular flexibility index (Phi) is 30.3. The SMILES string of the molecule is CC(=O)c1ccc(C(=O)Nc2cccc(COc3cncc(C(N)=O)c3)c2)cc1.CCNc1ccc(C(=O)Nc2cccc(COc3cncc(C(N)=O)c3)c2)cc1.CN(C)c1ccc(C(=O)Nc2cccc(COc3cncc(C(N)=O)c3)c2)cc1.CNc1ccc(C(=O)Nc2cccc(COc3cncc(C(N)=O)c3)c2)cc1. The molecule has 8 aromatic carbocycles. The largest absolute Gasteiger partial charge is 0.487 e. The Labute approximate surface area is 662 Å². The lowest BCUT2D eigenvalue weighted by atomic mass is 10.1. The fraction of sp³-hybridized carbons (Fsp3) is 0.115. The van der Waals surface area contributed by atoms with Crippen LogP contribution in [0.4, 0.5) is 39.8 Å². The zero-order valence-corrected chi connectivity index (χ0v) is 63.3. The van der Waals surface area contributed by atoms with Gasteiger partial charge in [0.1, 0.15) is 49.4 Å². The molecule has 4 heterocycles. The summed E-state index contributed by atoms with van der Waals surface area (Å²) in [6.45, 7) is 5.30. The van der Waals surface area contributed by atoms with Gasteiger partial charge in [-0.15, -0.1) is 0 Å². The molecule has 12 aromatic rings. The molecule has 0 aliphatic heterocycles. The summed E-state index contributed by atoms with van der Waals surface area (Å²) in [5.41, 5.74) is 33.7. The molecule has 0 bridgehead atoms. The number of primary amides is 4. The van der Waals surface area contributed by atoms with Crippen molar-refractivity contribution in [1.82, 2.24) is 19.9 Å². The highest BCUT2D eigenvalue weighted by Crippen LogP contribution is 2.24. The number of anilines is 7. The van der Waals surface area contributed by atoms with E-state index >= 15 is 0 Å². The average molecular weight is 1550 g/mol. The van der Waals surface area contributed by atoms with Gasteiger partial charge in [-0.2, -0.15) is 0 Å². The van der Waals surface area contributed by atoms with Crippen LogP contribution in [0.5, 0.6) is 23.0 Å². The summed E-state index contributed by atoms with van der Waals surface area (Å²) in [5, 5.41) is 17.7. The second-order valence-electron chi connectivity index (χ2n) is 25.4. The summed E-state index contributed by atoms with van der Waals surface area (Å²) >= 11 is 0. The molecule has 12 rings (SSSR count). The van der Waals surface area contributed by atoms with Gasteiger partial charge in [0.25, 0.3) is 23.6 Å². The summed E-state index contributed by atoms with van der Waals surface area (Å²) in [4.78, 5) is 124. The molecule has 0 saturated heterocycles. The summed E-state index contributed by atoms with van der Waals surface area (Å²) in [7, 11) is 5.72. The van der Waals surface area contributed by atoms with E-state index in [1.807, 2.05) is 142 Å². The molecule has 0 radical (unpaired) electrons. The van der Waals surface area contributed by atoms with Gasteiger partial charge in [0, 0.05) is 120 Å². The van der Waals surface area contributed by atoms with Crippen LogP contribution in [-0.4, -0.2) is 101 Å². The summed E-state index contributed by atoms with van der Waals surface area (Å²) < 4.78 is 22.7. The molecule has 14 N–H and O–H groups in total. The zero-order chi connectivity index (χ0) is 82.2. The van der Waals surface area contributed by atoms with Crippen LogP contribution >= 0.6 is 0 Å². The molecule has 0 aliphatic carbocycles. The number of pyridine rings is 4. The van der Waals surface area contributed by atoms with E-state index in [-0.39, 0.29) is 78.1 Å². The molecule has 0 saturated carbocycles. The van der Waals surface area contributed by atoms with Crippen LogP contribution in [0.15, 0.2) is 268 Å². The monoisotopic (exact) mass is 1550 g/mol. The normalized spacial score (nSPS) is 10.2. The minimum absolute atomic E-state index is 0.0544. The van der Waals surface area contributed by atoms with Gasteiger partial charge in [0.05, 0.1) is 47.0 Å². The van der Waals surface area contributed by atoms with Crippen LogP contribution in [-0.2, 0) is 26.4 Å². The van der Waals surface area contributed by atoms with Gasteiger partial charge in [0.2, 0.25) is 23.6 Å². The van der Waals surface area contributed by atoms with Crippen LogP contribution < -0.4 is 78.7 Å². The highest BCUT2D eigenvalue weighted by atomic mass is 16.5. The van der Waals surface area contributed by atoms with Gasteiger partial charge in [0.15, 0.2) is 5.78 Å². The number of amides is 8. The second kappa shape index (κ2) is 41.8. The third kappa shape index (κ3) is 26.6. The van der Waals surface area contributed by atoms with E-state index in [9.17, 15) is 43.2 Å². The molecule has 584 valence electrons. The molecule has 28 nitrogen and oxygen atoms in total. The molecule has 0 unspecified atom stereocenters. The smallest absolute Gasteiger partial charge is 0.255 e. The van der Waals surface area contributed by atoms with E-state index < -0.39 is 23.6 Å². The maximum atomic E-state index is 12.5. The number of ether oxygens (including phenoxy) is 4. The molecule has 0 atom stereocenters. The third-order valence-corrected chi connectivity index (χ3v) is 16.5. The number of rotatable bonds is 29. The number of hydrogen-bond acceptors (Lipinski definition) is 20. The van der Waals surface area contributed by atoms with E-state index in [2.05, 4.69) is 51.8 Å². The van der Waals surface area contributed by atoms with Crippen molar-refractivity contribution in [3.05, 3.63) is 340 Å². The lowest BCUT2D eigenvalue weighted by molar-refractivity contribution is 0.0991. The molecule has 0 spiro atoms. The van der Waals surface area contributed by atoms with Crippen molar-refractivity contribution in [2.45, 2.75) is 40.3 Å². The Balaban J connectivity index is 0.000000175. The fourth-order valence-electron chi connectivity index (χ4n) is 10.5. The number of Topliss-reactive ketones (excluding diaryl/α,β-unsaturated/α-hetero) is 1. The number of nitrogens with two attached hydrogens (primary N) is 4. The first-order valence-corrected chi connectivity index (χ1v) is 35.6. The second-order valence-corrected chi connectivity index (χ2v) is 25.4.